The second-order valence-electron chi connectivity index (χ2n) is 4.15. The highest BCUT2D eigenvalue weighted by atomic mass is 32.2. The van der Waals surface area contributed by atoms with Gasteiger partial charge < -0.3 is 5.32 Å². The van der Waals surface area contributed by atoms with Crippen LogP contribution in [0.15, 0.2) is 0 Å². The van der Waals surface area contributed by atoms with E-state index in [0.29, 0.717) is 5.91 Å². The van der Waals surface area contributed by atoms with E-state index in [2.05, 4.69) is 5.32 Å². The van der Waals surface area contributed by atoms with E-state index in [0.717, 1.165) is 30.9 Å². The first-order valence-electron chi connectivity index (χ1n) is 5.20. The van der Waals surface area contributed by atoms with Crippen molar-refractivity contribution < 1.29 is 4.79 Å². The Kier molecular flexibility index (Phi) is 2.82. The van der Waals surface area contributed by atoms with Crippen LogP contribution < -0.4 is 5.32 Å². The van der Waals surface area contributed by atoms with Crippen molar-refractivity contribution in [2.45, 2.75) is 32.1 Å². The maximum Gasteiger partial charge on any atom is 0.227 e. The van der Waals surface area contributed by atoms with E-state index >= 15 is 0 Å². The summed E-state index contributed by atoms with van der Waals surface area (Å²) in [7, 11) is 0. The van der Waals surface area contributed by atoms with Crippen LogP contribution in [0.4, 0.5) is 0 Å². The van der Waals surface area contributed by atoms with Crippen molar-refractivity contribution in [1.29, 1.82) is 0 Å². The lowest BCUT2D eigenvalue weighted by Gasteiger charge is -2.33. The van der Waals surface area contributed by atoms with Crippen molar-refractivity contribution >= 4 is 17.7 Å². The second-order valence-corrected chi connectivity index (χ2v) is 5.25. The van der Waals surface area contributed by atoms with Crippen molar-refractivity contribution in [3.05, 3.63) is 0 Å². The van der Waals surface area contributed by atoms with Gasteiger partial charge in [0.2, 0.25) is 5.91 Å². The van der Waals surface area contributed by atoms with Gasteiger partial charge in [0.1, 0.15) is 0 Å². The molecule has 2 nitrogen and oxygen atoms in total. The highest BCUT2D eigenvalue weighted by Crippen LogP contribution is 2.40. The lowest BCUT2D eigenvalue weighted by molar-refractivity contribution is -0.131. The summed E-state index contributed by atoms with van der Waals surface area (Å²) in [5.74, 6) is 2.48. The van der Waals surface area contributed by atoms with E-state index in [9.17, 15) is 4.79 Å². The van der Waals surface area contributed by atoms with E-state index < -0.39 is 0 Å². The Hall–Kier alpha value is -0.180. The first-order valence-corrected chi connectivity index (χ1v) is 6.35. The van der Waals surface area contributed by atoms with Gasteiger partial charge in [0.15, 0.2) is 0 Å². The number of rotatable bonds is 0. The summed E-state index contributed by atoms with van der Waals surface area (Å²) < 4.78 is 0. The van der Waals surface area contributed by atoms with Gasteiger partial charge in [0, 0.05) is 18.1 Å². The number of nitrogens with one attached hydrogen (secondary N) is 1. The largest absolute Gasteiger partial charge is 0.355 e. The van der Waals surface area contributed by atoms with Crippen molar-refractivity contribution in [2.75, 3.05) is 18.1 Å². The first-order chi connectivity index (χ1) is 6.33. The zero-order chi connectivity index (χ0) is 9.15. The molecule has 13 heavy (non-hydrogen) atoms. The fraction of sp³-hybridized carbons (Fsp3) is 0.900. The molecule has 0 aromatic carbocycles. The molecule has 0 atom stereocenters. The molecule has 1 N–H and O–H groups in total. The molecule has 0 unspecified atom stereocenters. The number of hydrogen-bond acceptors (Lipinski definition) is 2. The Morgan fingerprint density at radius 1 is 1.23 bits per heavy atom. The average Bonchev–Trinajstić information content (AvgIpc) is 2.33. The summed E-state index contributed by atoms with van der Waals surface area (Å²) in [5, 5.41) is 3.05. The molecule has 2 rings (SSSR count). The maximum atomic E-state index is 11.9. The van der Waals surface area contributed by atoms with Gasteiger partial charge in [-0.25, -0.2) is 0 Å². The second kappa shape index (κ2) is 3.91. The van der Waals surface area contributed by atoms with Crippen LogP contribution in [0.3, 0.4) is 0 Å². The summed E-state index contributed by atoms with van der Waals surface area (Å²) in [6.45, 7) is 0.866. The lowest BCUT2D eigenvalue weighted by Crippen LogP contribution is -2.42. The molecule has 0 radical (unpaired) electrons. The maximum absolute atomic E-state index is 11.9. The number of hydrogen-bond donors (Lipinski definition) is 1. The van der Waals surface area contributed by atoms with Crippen LogP contribution in [0.5, 0.6) is 0 Å². The van der Waals surface area contributed by atoms with Gasteiger partial charge in [-0.15, -0.1) is 0 Å². The SMILES string of the molecule is O=C1NCCSCC12CCCCC2. The minimum Gasteiger partial charge on any atom is -0.355 e. The van der Waals surface area contributed by atoms with Gasteiger partial charge in [-0.1, -0.05) is 19.3 Å². The summed E-state index contributed by atoms with van der Waals surface area (Å²) in [6.07, 6.45) is 6.04. The van der Waals surface area contributed by atoms with Gasteiger partial charge in [-0.05, 0) is 12.8 Å². The minimum absolute atomic E-state index is 0.0133. The summed E-state index contributed by atoms with van der Waals surface area (Å²) >= 11 is 1.94. The summed E-state index contributed by atoms with van der Waals surface area (Å²) in [5.41, 5.74) is 0.0133. The molecular formula is C10H17NOS. The molecule has 1 saturated carbocycles. The number of carbonyl (C=O) groups is 1. The van der Waals surface area contributed by atoms with Crippen LogP contribution in [0, 0.1) is 5.41 Å². The molecule has 1 spiro atoms. The van der Waals surface area contributed by atoms with Gasteiger partial charge in [0.05, 0.1) is 5.41 Å². The zero-order valence-corrected chi connectivity index (χ0v) is 8.79. The number of carbonyl (C=O) groups excluding carboxylic acids is 1. The molecule has 0 aromatic rings. The molecule has 1 heterocycles. The van der Waals surface area contributed by atoms with E-state index in [-0.39, 0.29) is 5.41 Å². The van der Waals surface area contributed by atoms with Gasteiger partial charge in [-0.3, -0.25) is 4.79 Å². The third-order valence-electron chi connectivity index (χ3n) is 3.20. The summed E-state index contributed by atoms with van der Waals surface area (Å²) in [6, 6.07) is 0. The minimum atomic E-state index is 0.0133. The fourth-order valence-electron chi connectivity index (χ4n) is 2.36. The van der Waals surface area contributed by atoms with Crippen LogP contribution >= 0.6 is 11.8 Å². The zero-order valence-electron chi connectivity index (χ0n) is 7.97. The van der Waals surface area contributed by atoms with E-state index in [1.165, 1.54) is 19.3 Å². The van der Waals surface area contributed by atoms with Gasteiger partial charge in [0.25, 0.3) is 0 Å². The quantitative estimate of drug-likeness (QED) is 0.644. The topological polar surface area (TPSA) is 29.1 Å². The Balaban J connectivity index is 2.10. The Labute approximate surface area is 83.8 Å². The van der Waals surface area contributed by atoms with Crippen LogP contribution in [-0.4, -0.2) is 24.0 Å². The lowest BCUT2D eigenvalue weighted by atomic mass is 9.75. The molecule has 3 heteroatoms. The molecule has 1 aliphatic carbocycles. The monoisotopic (exact) mass is 199 g/mol. The first kappa shape index (κ1) is 9.38. The predicted molar refractivity (Wildman–Crippen MR) is 55.9 cm³/mol. The third-order valence-corrected chi connectivity index (χ3v) is 4.45. The highest BCUT2D eigenvalue weighted by Gasteiger charge is 2.39. The van der Waals surface area contributed by atoms with Crippen LogP contribution in [0.1, 0.15) is 32.1 Å². The molecule has 0 aromatic heterocycles. The molecular weight excluding hydrogens is 182 g/mol. The molecule has 0 bridgehead atoms. The van der Waals surface area contributed by atoms with Crippen LogP contribution in [0.25, 0.3) is 0 Å². The van der Waals surface area contributed by atoms with Crippen molar-refractivity contribution in [2.24, 2.45) is 5.41 Å². The summed E-state index contributed by atoms with van der Waals surface area (Å²) in [4.78, 5) is 11.9. The molecule has 74 valence electrons. The average molecular weight is 199 g/mol. The molecule has 1 saturated heterocycles. The smallest absolute Gasteiger partial charge is 0.227 e. The number of amides is 1. The predicted octanol–water partition coefficient (Wildman–Crippen LogP) is 1.80. The van der Waals surface area contributed by atoms with Gasteiger partial charge in [-0.2, -0.15) is 11.8 Å². The van der Waals surface area contributed by atoms with E-state index in [4.69, 9.17) is 0 Å². The Morgan fingerprint density at radius 3 is 2.77 bits per heavy atom. The van der Waals surface area contributed by atoms with E-state index in [1.807, 2.05) is 11.8 Å². The van der Waals surface area contributed by atoms with Crippen molar-refractivity contribution in [3.63, 3.8) is 0 Å². The number of thioether (sulfide) groups is 1. The van der Waals surface area contributed by atoms with Gasteiger partial charge >= 0.3 is 0 Å². The third kappa shape index (κ3) is 1.85. The molecule has 2 aliphatic rings. The van der Waals surface area contributed by atoms with E-state index in [1.54, 1.807) is 0 Å². The normalized spacial score (nSPS) is 28.2. The molecule has 1 amide bonds. The fourth-order valence-corrected chi connectivity index (χ4v) is 3.56. The standard InChI is InChI=1S/C10H17NOS/c12-9-10(4-2-1-3-5-10)8-13-7-6-11-9/h1-8H2,(H,11,12). The van der Waals surface area contributed by atoms with Crippen molar-refractivity contribution in [1.82, 2.24) is 5.32 Å². The molecule has 2 fully saturated rings. The van der Waals surface area contributed by atoms with Crippen LogP contribution in [-0.2, 0) is 4.79 Å². The highest BCUT2D eigenvalue weighted by molar-refractivity contribution is 7.99. The van der Waals surface area contributed by atoms with Crippen molar-refractivity contribution in [3.8, 4) is 0 Å². The Morgan fingerprint density at radius 2 is 2.00 bits per heavy atom. The molecule has 1 aliphatic heterocycles. The van der Waals surface area contributed by atoms with Crippen LogP contribution in [0.2, 0.25) is 0 Å². The Bertz CT molecular complexity index is 199.